The molecule has 21 heavy (non-hydrogen) atoms. The molecule has 4 saturated carbocycles. The summed E-state index contributed by atoms with van der Waals surface area (Å²) in [5.74, 6) is 5.39. The summed E-state index contributed by atoms with van der Waals surface area (Å²) in [4.78, 5) is 0. The first kappa shape index (κ1) is 14.6. The van der Waals surface area contributed by atoms with E-state index in [1.54, 1.807) is 51.4 Å². The summed E-state index contributed by atoms with van der Waals surface area (Å²) in [6.45, 7) is 7.84. The third-order valence-electron chi connectivity index (χ3n) is 9.27. The summed E-state index contributed by atoms with van der Waals surface area (Å²) in [5.41, 5.74) is 1.45. The molecule has 120 valence electrons. The van der Waals surface area contributed by atoms with Crippen molar-refractivity contribution in [2.45, 2.75) is 91.4 Å². The fraction of sp³-hybridized carbons (Fsp3) is 1.00. The van der Waals surface area contributed by atoms with Crippen LogP contribution in [0.5, 0.6) is 0 Å². The summed E-state index contributed by atoms with van der Waals surface area (Å²) in [6.07, 6.45) is 17.0. The maximum absolute atomic E-state index is 2.71. The molecular weight excluding hydrogens is 252 g/mol. The van der Waals surface area contributed by atoms with Gasteiger partial charge in [-0.15, -0.1) is 0 Å². The van der Waals surface area contributed by atoms with Crippen LogP contribution in [-0.4, -0.2) is 0 Å². The molecular formula is C21H36. The maximum atomic E-state index is 2.71. The molecule has 0 radical (unpaired) electrons. The van der Waals surface area contributed by atoms with Crippen LogP contribution in [0.1, 0.15) is 91.4 Å². The van der Waals surface area contributed by atoms with E-state index < -0.39 is 0 Å². The molecule has 4 aliphatic carbocycles. The molecule has 0 saturated heterocycles. The molecule has 4 aliphatic rings. The lowest BCUT2D eigenvalue weighted by molar-refractivity contribution is -0.110. The number of rotatable bonds is 1. The Balaban J connectivity index is 1.62. The number of hydrogen-bond acceptors (Lipinski definition) is 0. The first-order valence-electron chi connectivity index (χ1n) is 10.1. The van der Waals surface area contributed by atoms with E-state index in [4.69, 9.17) is 0 Å². The molecule has 0 heteroatoms. The van der Waals surface area contributed by atoms with E-state index in [0.29, 0.717) is 5.41 Å². The SMILES string of the molecule is CCC1CCC2C3CCC4CCCC[C@]4(C)C3CCC12C. The minimum atomic E-state index is 0.716. The molecule has 0 aliphatic heterocycles. The summed E-state index contributed by atoms with van der Waals surface area (Å²) >= 11 is 0. The summed E-state index contributed by atoms with van der Waals surface area (Å²) in [6, 6.07) is 0. The zero-order chi connectivity index (χ0) is 14.7. The van der Waals surface area contributed by atoms with Gasteiger partial charge in [-0.2, -0.15) is 0 Å². The molecule has 7 atom stereocenters. The molecule has 0 aromatic carbocycles. The normalized spacial score (nSPS) is 56.4. The largest absolute Gasteiger partial charge is 0.0651 e. The van der Waals surface area contributed by atoms with Crippen LogP contribution in [0.4, 0.5) is 0 Å². The van der Waals surface area contributed by atoms with Gasteiger partial charge in [0, 0.05) is 0 Å². The van der Waals surface area contributed by atoms with Gasteiger partial charge in [0.25, 0.3) is 0 Å². The van der Waals surface area contributed by atoms with Gasteiger partial charge in [0.15, 0.2) is 0 Å². The monoisotopic (exact) mass is 288 g/mol. The zero-order valence-electron chi connectivity index (χ0n) is 14.7. The molecule has 6 unspecified atom stereocenters. The lowest BCUT2D eigenvalue weighted by Crippen LogP contribution is -2.52. The molecule has 0 aromatic rings. The lowest BCUT2D eigenvalue weighted by Gasteiger charge is -2.60. The smallest absolute Gasteiger partial charge is 0.0266 e. The minimum Gasteiger partial charge on any atom is -0.0651 e. The quantitative estimate of drug-likeness (QED) is 0.520. The average Bonchev–Trinajstić information content (AvgIpc) is 2.83. The highest BCUT2D eigenvalue weighted by Crippen LogP contribution is 2.67. The van der Waals surface area contributed by atoms with Crippen LogP contribution in [0.3, 0.4) is 0 Å². The summed E-state index contributed by atoms with van der Waals surface area (Å²) < 4.78 is 0. The number of hydrogen-bond donors (Lipinski definition) is 0. The highest BCUT2D eigenvalue weighted by Gasteiger charge is 2.59. The van der Waals surface area contributed by atoms with E-state index >= 15 is 0 Å². The van der Waals surface area contributed by atoms with Crippen molar-refractivity contribution >= 4 is 0 Å². The van der Waals surface area contributed by atoms with Crippen molar-refractivity contribution < 1.29 is 0 Å². The molecule has 0 bridgehead atoms. The van der Waals surface area contributed by atoms with Crippen LogP contribution in [0.2, 0.25) is 0 Å². The lowest BCUT2D eigenvalue weighted by atomic mass is 9.45. The van der Waals surface area contributed by atoms with Gasteiger partial charge in [-0.25, -0.2) is 0 Å². The molecule has 0 spiro atoms. The Morgan fingerprint density at radius 3 is 2.38 bits per heavy atom. The van der Waals surface area contributed by atoms with E-state index in [2.05, 4.69) is 20.8 Å². The van der Waals surface area contributed by atoms with Gasteiger partial charge < -0.3 is 0 Å². The van der Waals surface area contributed by atoms with Crippen molar-refractivity contribution in [1.82, 2.24) is 0 Å². The third kappa shape index (κ3) is 1.93. The van der Waals surface area contributed by atoms with Crippen molar-refractivity contribution in [3.63, 3.8) is 0 Å². The van der Waals surface area contributed by atoms with Gasteiger partial charge >= 0.3 is 0 Å². The Hall–Kier alpha value is 0. The molecule has 0 amide bonds. The Labute approximate surface area is 132 Å². The van der Waals surface area contributed by atoms with Crippen LogP contribution < -0.4 is 0 Å². The highest BCUT2D eigenvalue weighted by atomic mass is 14.6. The second kappa shape index (κ2) is 5.00. The van der Waals surface area contributed by atoms with Crippen molar-refractivity contribution in [1.29, 1.82) is 0 Å². The Morgan fingerprint density at radius 2 is 1.57 bits per heavy atom. The fourth-order valence-corrected chi connectivity index (χ4v) is 8.07. The second-order valence-corrected chi connectivity index (χ2v) is 9.63. The van der Waals surface area contributed by atoms with Gasteiger partial charge in [-0.3, -0.25) is 0 Å². The molecule has 4 fully saturated rings. The zero-order valence-corrected chi connectivity index (χ0v) is 14.7. The number of fused-ring (bicyclic) bond motifs is 5. The van der Waals surface area contributed by atoms with Crippen LogP contribution in [0.15, 0.2) is 0 Å². The average molecular weight is 289 g/mol. The van der Waals surface area contributed by atoms with Crippen molar-refractivity contribution in [3.8, 4) is 0 Å². The standard InChI is InChI=1S/C21H36/c1-4-15-9-11-18-17-10-8-16-7-5-6-13-20(16,2)19(17)12-14-21(15,18)3/h15-19H,4-14H2,1-3H3/t15?,16?,17?,18?,19?,20-,21?/m0/s1. The van der Waals surface area contributed by atoms with Gasteiger partial charge in [0.1, 0.15) is 0 Å². The van der Waals surface area contributed by atoms with E-state index in [9.17, 15) is 0 Å². The second-order valence-electron chi connectivity index (χ2n) is 9.63. The van der Waals surface area contributed by atoms with Crippen LogP contribution in [0, 0.1) is 40.4 Å². The topological polar surface area (TPSA) is 0 Å². The Kier molecular flexibility index (Phi) is 3.47. The minimum absolute atomic E-state index is 0.716. The first-order valence-corrected chi connectivity index (χ1v) is 10.1. The van der Waals surface area contributed by atoms with Gasteiger partial charge in [0.2, 0.25) is 0 Å². The van der Waals surface area contributed by atoms with E-state index in [0.717, 1.165) is 35.0 Å². The molecule has 0 aromatic heterocycles. The summed E-state index contributed by atoms with van der Waals surface area (Å²) in [7, 11) is 0. The van der Waals surface area contributed by atoms with E-state index in [1.165, 1.54) is 19.3 Å². The predicted octanol–water partition coefficient (Wildman–Crippen LogP) is 6.45. The van der Waals surface area contributed by atoms with E-state index in [-0.39, 0.29) is 0 Å². The van der Waals surface area contributed by atoms with Gasteiger partial charge in [-0.05, 0) is 91.8 Å². The van der Waals surface area contributed by atoms with Crippen LogP contribution in [0.25, 0.3) is 0 Å². The maximum Gasteiger partial charge on any atom is -0.0266 e. The highest BCUT2D eigenvalue weighted by molar-refractivity contribution is 5.08. The first-order chi connectivity index (χ1) is 10.1. The van der Waals surface area contributed by atoms with Crippen molar-refractivity contribution in [2.24, 2.45) is 40.4 Å². The molecule has 0 heterocycles. The molecule has 4 rings (SSSR count). The Morgan fingerprint density at radius 1 is 0.762 bits per heavy atom. The van der Waals surface area contributed by atoms with Crippen LogP contribution >= 0.6 is 0 Å². The van der Waals surface area contributed by atoms with Gasteiger partial charge in [-0.1, -0.05) is 40.0 Å². The Bertz CT molecular complexity index is 399. The fourth-order valence-electron chi connectivity index (χ4n) is 8.07. The van der Waals surface area contributed by atoms with Gasteiger partial charge in [0.05, 0.1) is 0 Å². The van der Waals surface area contributed by atoms with Crippen molar-refractivity contribution in [3.05, 3.63) is 0 Å². The predicted molar refractivity (Wildman–Crippen MR) is 90.1 cm³/mol. The van der Waals surface area contributed by atoms with E-state index in [1.807, 2.05) is 0 Å². The summed E-state index contributed by atoms with van der Waals surface area (Å²) in [5, 5.41) is 0. The van der Waals surface area contributed by atoms with Crippen LogP contribution in [-0.2, 0) is 0 Å². The molecule has 0 N–H and O–H groups in total. The third-order valence-corrected chi connectivity index (χ3v) is 9.27. The van der Waals surface area contributed by atoms with Crippen molar-refractivity contribution in [2.75, 3.05) is 0 Å². The molecule has 0 nitrogen and oxygen atoms in total.